The number of oxazole rings is 1. The van der Waals surface area contributed by atoms with E-state index in [1.165, 1.54) is 19.4 Å². The van der Waals surface area contributed by atoms with E-state index >= 15 is 0 Å². The summed E-state index contributed by atoms with van der Waals surface area (Å²) in [6.45, 7) is 5.34. The number of nitrogens with zero attached hydrogens (tertiary/aromatic N) is 2. The third kappa shape index (κ3) is 2.62. The molecule has 0 aromatic carbocycles. The van der Waals surface area contributed by atoms with Crippen molar-refractivity contribution in [2.75, 3.05) is 20.1 Å². The Morgan fingerprint density at radius 1 is 1.62 bits per heavy atom. The molecule has 1 aromatic heterocycles. The van der Waals surface area contributed by atoms with Gasteiger partial charge in [-0.05, 0) is 33.0 Å². The first-order valence-electron chi connectivity index (χ1n) is 6.15. The van der Waals surface area contributed by atoms with Crippen molar-refractivity contribution in [3.05, 3.63) is 17.8 Å². The molecule has 0 aliphatic carbocycles. The summed E-state index contributed by atoms with van der Waals surface area (Å²) in [5, 5.41) is 3.07. The molecule has 1 saturated heterocycles. The highest BCUT2D eigenvalue weighted by atomic mass is 16.4. The Labute approximate surface area is 97.0 Å². The van der Waals surface area contributed by atoms with E-state index in [0.717, 1.165) is 31.2 Å². The van der Waals surface area contributed by atoms with E-state index in [4.69, 9.17) is 4.42 Å². The van der Waals surface area contributed by atoms with Crippen LogP contribution in [-0.4, -0.2) is 36.1 Å². The van der Waals surface area contributed by atoms with Gasteiger partial charge in [0.05, 0.1) is 12.7 Å². The predicted molar refractivity (Wildman–Crippen MR) is 63.2 cm³/mol. The highest BCUT2D eigenvalue weighted by Crippen LogP contribution is 2.20. The zero-order chi connectivity index (χ0) is 11.4. The van der Waals surface area contributed by atoms with Gasteiger partial charge in [-0.25, -0.2) is 4.98 Å². The highest BCUT2D eigenvalue weighted by Gasteiger charge is 2.24. The van der Waals surface area contributed by atoms with Crippen LogP contribution in [0.4, 0.5) is 0 Å². The lowest BCUT2D eigenvalue weighted by atomic mass is 10.1. The van der Waals surface area contributed by atoms with Crippen LogP contribution >= 0.6 is 0 Å². The van der Waals surface area contributed by atoms with Crippen molar-refractivity contribution in [3.63, 3.8) is 0 Å². The average molecular weight is 223 g/mol. The topological polar surface area (TPSA) is 41.3 Å². The molecule has 1 N–H and O–H groups in total. The Morgan fingerprint density at radius 3 is 3.25 bits per heavy atom. The fourth-order valence-electron chi connectivity index (χ4n) is 2.44. The molecule has 1 unspecified atom stereocenters. The van der Waals surface area contributed by atoms with Crippen molar-refractivity contribution in [1.82, 2.24) is 15.2 Å². The fraction of sp³-hybridized carbons (Fsp3) is 0.750. The minimum absolute atomic E-state index is 0.631. The monoisotopic (exact) mass is 223 g/mol. The maximum absolute atomic E-state index is 5.68. The van der Waals surface area contributed by atoms with E-state index < -0.39 is 0 Å². The standard InChI is InChI=1S/C12H21N3O/c1-3-15-6-4-5-10(15)7-12-14-9-11(16-12)8-13-2/h9-10,13H,3-8H2,1-2H3. The largest absolute Gasteiger partial charge is 0.444 e. The Balaban J connectivity index is 1.92. The molecule has 1 aliphatic rings. The minimum Gasteiger partial charge on any atom is -0.444 e. The van der Waals surface area contributed by atoms with Crippen LogP contribution in [0.25, 0.3) is 0 Å². The summed E-state index contributed by atoms with van der Waals surface area (Å²) < 4.78 is 5.68. The fourth-order valence-corrected chi connectivity index (χ4v) is 2.44. The van der Waals surface area contributed by atoms with Crippen molar-refractivity contribution >= 4 is 0 Å². The number of hydrogen-bond acceptors (Lipinski definition) is 4. The van der Waals surface area contributed by atoms with E-state index in [1.54, 1.807) is 0 Å². The van der Waals surface area contributed by atoms with Crippen LogP contribution in [-0.2, 0) is 13.0 Å². The van der Waals surface area contributed by atoms with Crippen LogP contribution in [0.1, 0.15) is 31.4 Å². The second-order valence-corrected chi connectivity index (χ2v) is 4.38. The van der Waals surface area contributed by atoms with E-state index in [2.05, 4.69) is 22.1 Å². The molecule has 4 nitrogen and oxygen atoms in total. The number of likely N-dealkylation sites (N-methyl/N-ethyl adjacent to an activating group) is 1. The molecule has 0 amide bonds. The average Bonchev–Trinajstić information content (AvgIpc) is 2.89. The summed E-state index contributed by atoms with van der Waals surface area (Å²) in [4.78, 5) is 6.85. The molecule has 1 aromatic rings. The molecule has 4 heteroatoms. The van der Waals surface area contributed by atoms with Crippen LogP contribution < -0.4 is 5.32 Å². The van der Waals surface area contributed by atoms with Gasteiger partial charge >= 0.3 is 0 Å². The molecule has 1 fully saturated rings. The quantitative estimate of drug-likeness (QED) is 0.819. The Morgan fingerprint density at radius 2 is 2.50 bits per heavy atom. The number of rotatable bonds is 5. The van der Waals surface area contributed by atoms with Crippen molar-refractivity contribution < 1.29 is 4.42 Å². The molecular weight excluding hydrogens is 202 g/mol. The smallest absolute Gasteiger partial charge is 0.195 e. The van der Waals surface area contributed by atoms with Gasteiger partial charge in [0, 0.05) is 12.5 Å². The van der Waals surface area contributed by atoms with Gasteiger partial charge in [-0.15, -0.1) is 0 Å². The summed E-state index contributed by atoms with van der Waals surface area (Å²) in [6, 6.07) is 0.631. The zero-order valence-electron chi connectivity index (χ0n) is 10.2. The van der Waals surface area contributed by atoms with Gasteiger partial charge in [0.1, 0.15) is 5.76 Å². The van der Waals surface area contributed by atoms with Crippen molar-refractivity contribution in [2.45, 2.75) is 38.8 Å². The van der Waals surface area contributed by atoms with Crippen molar-refractivity contribution in [3.8, 4) is 0 Å². The highest BCUT2D eigenvalue weighted by molar-refractivity contribution is 4.96. The van der Waals surface area contributed by atoms with E-state index in [0.29, 0.717) is 6.04 Å². The van der Waals surface area contributed by atoms with Gasteiger partial charge in [-0.3, -0.25) is 0 Å². The van der Waals surface area contributed by atoms with Crippen molar-refractivity contribution in [2.24, 2.45) is 0 Å². The first-order chi connectivity index (χ1) is 7.83. The van der Waals surface area contributed by atoms with Gasteiger partial charge in [-0.2, -0.15) is 0 Å². The number of aromatic nitrogens is 1. The van der Waals surface area contributed by atoms with Crippen LogP contribution in [0, 0.1) is 0 Å². The molecule has 0 spiro atoms. The summed E-state index contributed by atoms with van der Waals surface area (Å²) in [5.74, 6) is 1.81. The Hall–Kier alpha value is -0.870. The first-order valence-corrected chi connectivity index (χ1v) is 6.15. The second kappa shape index (κ2) is 5.46. The van der Waals surface area contributed by atoms with Crippen LogP contribution in [0.3, 0.4) is 0 Å². The molecule has 0 saturated carbocycles. The molecule has 16 heavy (non-hydrogen) atoms. The molecule has 1 aliphatic heterocycles. The third-order valence-electron chi connectivity index (χ3n) is 3.27. The van der Waals surface area contributed by atoms with Crippen LogP contribution in [0.15, 0.2) is 10.6 Å². The normalized spacial score (nSPS) is 21.8. The molecule has 2 heterocycles. The van der Waals surface area contributed by atoms with E-state index in [-0.39, 0.29) is 0 Å². The first kappa shape index (κ1) is 11.6. The second-order valence-electron chi connectivity index (χ2n) is 4.38. The maximum Gasteiger partial charge on any atom is 0.195 e. The van der Waals surface area contributed by atoms with Crippen LogP contribution in [0.2, 0.25) is 0 Å². The number of likely N-dealkylation sites (tertiary alicyclic amines) is 1. The molecule has 0 radical (unpaired) electrons. The van der Waals surface area contributed by atoms with Gasteiger partial charge in [0.15, 0.2) is 5.89 Å². The summed E-state index contributed by atoms with van der Waals surface area (Å²) in [5.41, 5.74) is 0. The summed E-state index contributed by atoms with van der Waals surface area (Å²) in [7, 11) is 1.91. The van der Waals surface area contributed by atoms with Gasteiger partial charge in [0.2, 0.25) is 0 Å². The minimum atomic E-state index is 0.631. The summed E-state index contributed by atoms with van der Waals surface area (Å²) >= 11 is 0. The predicted octanol–water partition coefficient (Wildman–Crippen LogP) is 1.42. The molecule has 90 valence electrons. The van der Waals surface area contributed by atoms with Gasteiger partial charge in [0.25, 0.3) is 0 Å². The Kier molecular flexibility index (Phi) is 3.96. The van der Waals surface area contributed by atoms with Gasteiger partial charge < -0.3 is 14.6 Å². The van der Waals surface area contributed by atoms with E-state index in [1.807, 2.05) is 13.2 Å². The number of nitrogens with one attached hydrogen (secondary N) is 1. The maximum atomic E-state index is 5.68. The molecule has 1 atom stereocenters. The summed E-state index contributed by atoms with van der Waals surface area (Å²) in [6.07, 6.45) is 5.37. The van der Waals surface area contributed by atoms with Crippen LogP contribution in [0.5, 0.6) is 0 Å². The Bertz CT molecular complexity index is 324. The number of hydrogen-bond donors (Lipinski definition) is 1. The molecule has 2 rings (SSSR count). The lowest BCUT2D eigenvalue weighted by Crippen LogP contribution is -2.30. The lowest BCUT2D eigenvalue weighted by Gasteiger charge is -2.21. The SMILES string of the molecule is CCN1CCCC1Cc1ncc(CNC)o1. The molecular formula is C12H21N3O. The van der Waals surface area contributed by atoms with Crippen molar-refractivity contribution in [1.29, 1.82) is 0 Å². The van der Waals surface area contributed by atoms with E-state index in [9.17, 15) is 0 Å². The lowest BCUT2D eigenvalue weighted by molar-refractivity contribution is 0.252. The molecule has 0 bridgehead atoms. The van der Waals surface area contributed by atoms with Gasteiger partial charge in [-0.1, -0.05) is 6.92 Å². The zero-order valence-corrected chi connectivity index (χ0v) is 10.2. The third-order valence-corrected chi connectivity index (χ3v) is 3.27.